The van der Waals surface area contributed by atoms with Gasteiger partial charge in [-0.1, -0.05) is 93.6 Å². The first-order valence-corrected chi connectivity index (χ1v) is 14.8. The molecule has 1 heterocycles. The molecule has 1 aliphatic carbocycles. The quantitative estimate of drug-likeness (QED) is 0.174. The molecule has 0 spiro atoms. The molecule has 0 unspecified atom stereocenters. The van der Waals surface area contributed by atoms with Crippen LogP contribution in [0.2, 0.25) is 0 Å². The zero-order chi connectivity index (χ0) is 26.8. The fraction of sp³-hybridized carbons (Fsp3) is 0.219. The Bertz CT molecular complexity index is 1750. The van der Waals surface area contributed by atoms with E-state index in [1.54, 1.807) is 6.21 Å². The molecule has 4 aromatic carbocycles. The molecular weight excluding hydrogens is 618 g/mol. The number of halogens is 2. The molecule has 1 aromatic heterocycles. The second-order valence-electron chi connectivity index (χ2n) is 9.94. The lowest BCUT2D eigenvalue weighted by Crippen LogP contribution is -2.25. The smallest absolute Gasteiger partial charge is 0.282 e. The van der Waals surface area contributed by atoms with Gasteiger partial charge in [-0.05, 0) is 65.6 Å². The summed E-state index contributed by atoms with van der Waals surface area (Å²) >= 11 is 7.07. The summed E-state index contributed by atoms with van der Waals surface area (Å²) in [5.41, 5.74) is 2.43. The van der Waals surface area contributed by atoms with Crippen LogP contribution in [-0.2, 0) is 6.61 Å². The Hall–Kier alpha value is -3.29. The van der Waals surface area contributed by atoms with Crippen LogP contribution >= 0.6 is 31.9 Å². The van der Waals surface area contributed by atoms with Crippen molar-refractivity contribution in [2.75, 3.05) is 0 Å². The summed E-state index contributed by atoms with van der Waals surface area (Å²) in [6, 6.07) is 26.0. The molecular formula is C32H27Br2N3O2. The van der Waals surface area contributed by atoms with Crippen LogP contribution in [0, 0.1) is 0 Å². The molecule has 1 saturated carbocycles. The molecule has 6 rings (SSSR count). The molecule has 7 heteroatoms. The zero-order valence-corrected chi connectivity index (χ0v) is 24.5. The third-order valence-electron chi connectivity index (χ3n) is 7.35. The maximum atomic E-state index is 13.7. The van der Waals surface area contributed by atoms with Gasteiger partial charge in [0.05, 0.1) is 17.1 Å². The van der Waals surface area contributed by atoms with E-state index in [0.717, 1.165) is 51.6 Å². The highest BCUT2D eigenvalue weighted by atomic mass is 79.9. The number of ether oxygens (including phenoxy) is 1. The maximum absolute atomic E-state index is 13.7. The van der Waals surface area contributed by atoms with Crippen molar-refractivity contribution in [3.05, 3.63) is 115 Å². The van der Waals surface area contributed by atoms with Crippen LogP contribution in [0.15, 0.2) is 97.7 Å². The van der Waals surface area contributed by atoms with Crippen molar-refractivity contribution < 1.29 is 4.74 Å². The van der Waals surface area contributed by atoms with Gasteiger partial charge in [-0.25, -0.2) is 4.98 Å². The Labute approximate surface area is 243 Å². The minimum Gasteiger partial charge on any atom is -0.488 e. The molecule has 0 saturated heterocycles. The van der Waals surface area contributed by atoms with Crippen molar-refractivity contribution in [1.82, 2.24) is 9.66 Å². The lowest BCUT2D eigenvalue weighted by molar-refractivity contribution is 0.307. The van der Waals surface area contributed by atoms with E-state index in [2.05, 4.69) is 62.2 Å². The summed E-state index contributed by atoms with van der Waals surface area (Å²) < 4.78 is 9.56. The number of benzene rings is 4. The van der Waals surface area contributed by atoms with E-state index in [0.29, 0.717) is 23.3 Å². The van der Waals surface area contributed by atoms with Crippen molar-refractivity contribution >= 4 is 59.7 Å². The molecule has 0 aliphatic heterocycles. The molecule has 5 aromatic rings. The monoisotopic (exact) mass is 643 g/mol. The molecule has 196 valence electrons. The lowest BCUT2D eigenvalue weighted by atomic mass is 9.88. The van der Waals surface area contributed by atoms with Crippen molar-refractivity contribution in [3.8, 4) is 5.75 Å². The Morgan fingerprint density at radius 2 is 1.67 bits per heavy atom. The van der Waals surface area contributed by atoms with E-state index in [1.165, 1.54) is 21.9 Å². The van der Waals surface area contributed by atoms with E-state index in [4.69, 9.17) is 14.8 Å². The first-order valence-electron chi connectivity index (χ1n) is 13.2. The average Bonchev–Trinajstić information content (AvgIpc) is 2.97. The van der Waals surface area contributed by atoms with Gasteiger partial charge in [-0.15, -0.1) is 0 Å². The van der Waals surface area contributed by atoms with Crippen molar-refractivity contribution in [2.24, 2.45) is 5.10 Å². The van der Waals surface area contributed by atoms with Crippen LogP contribution in [0.3, 0.4) is 0 Å². The number of nitrogens with zero attached hydrogens (tertiary/aromatic N) is 3. The Morgan fingerprint density at radius 1 is 0.897 bits per heavy atom. The predicted molar refractivity (Wildman–Crippen MR) is 165 cm³/mol. The van der Waals surface area contributed by atoms with E-state index >= 15 is 0 Å². The summed E-state index contributed by atoms with van der Waals surface area (Å²) in [6.07, 6.45) is 7.24. The lowest BCUT2D eigenvalue weighted by Gasteiger charge is -2.22. The maximum Gasteiger partial charge on any atom is 0.282 e. The van der Waals surface area contributed by atoms with E-state index in [-0.39, 0.29) is 11.5 Å². The van der Waals surface area contributed by atoms with E-state index in [9.17, 15) is 4.79 Å². The molecule has 0 bridgehead atoms. The standard InChI is InChI=1S/C32H27Br2N3O2/c33-25-14-16-30(39-20-23-11-6-10-21-7-4-5-12-27(21)23)24(17-25)19-35-37-31(22-8-2-1-3-9-22)36-29-15-13-26(34)18-28(29)32(37)38/h4-7,10-19,22H,1-3,8-9,20H2. The van der Waals surface area contributed by atoms with Crippen LogP contribution in [0.4, 0.5) is 0 Å². The SMILES string of the molecule is O=c1c2cc(Br)ccc2nc(C2CCCCC2)n1N=Cc1cc(Br)ccc1OCc1cccc2ccccc12. The largest absolute Gasteiger partial charge is 0.488 e. The summed E-state index contributed by atoms with van der Waals surface area (Å²) in [6.45, 7) is 0.419. The van der Waals surface area contributed by atoms with Gasteiger partial charge in [0.25, 0.3) is 5.56 Å². The molecule has 39 heavy (non-hydrogen) atoms. The Morgan fingerprint density at radius 3 is 2.54 bits per heavy atom. The molecule has 0 N–H and O–H groups in total. The van der Waals surface area contributed by atoms with Crippen LogP contribution in [-0.4, -0.2) is 15.9 Å². The van der Waals surface area contributed by atoms with Gasteiger partial charge in [0.1, 0.15) is 18.2 Å². The van der Waals surface area contributed by atoms with Gasteiger partial charge in [-0.2, -0.15) is 9.78 Å². The highest BCUT2D eigenvalue weighted by molar-refractivity contribution is 9.10. The molecule has 1 fully saturated rings. The van der Waals surface area contributed by atoms with Crippen molar-refractivity contribution in [3.63, 3.8) is 0 Å². The number of hydrogen-bond donors (Lipinski definition) is 0. The first-order chi connectivity index (χ1) is 19.1. The Kier molecular flexibility index (Phi) is 7.62. The third-order valence-corrected chi connectivity index (χ3v) is 8.34. The molecule has 0 radical (unpaired) electrons. The fourth-order valence-corrected chi connectivity index (χ4v) is 6.09. The van der Waals surface area contributed by atoms with E-state index in [1.807, 2.05) is 48.5 Å². The van der Waals surface area contributed by atoms with Crippen LogP contribution in [0.25, 0.3) is 21.7 Å². The highest BCUT2D eigenvalue weighted by Gasteiger charge is 2.22. The predicted octanol–water partition coefficient (Wildman–Crippen LogP) is 8.58. The zero-order valence-electron chi connectivity index (χ0n) is 21.3. The average molecular weight is 645 g/mol. The second kappa shape index (κ2) is 11.4. The molecule has 0 atom stereocenters. The van der Waals surface area contributed by atoms with Gasteiger partial charge >= 0.3 is 0 Å². The van der Waals surface area contributed by atoms with Gasteiger partial charge in [-0.3, -0.25) is 4.79 Å². The summed E-state index contributed by atoms with van der Waals surface area (Å²) in [7, 11) is 0. The van der Waals surface area contributed by atoms with Crippen molar-refractivity contribution in [2.45, 2.75) is 44.6 Å². The second-order valence-corrected chi connectivity index (χ2v) is 11.8. The van der Waals surface area contributed by atoms with Crippen LogP contribution in [0.5, 0.6) is 5.75 Å². The summed E-state index contributed by atoms with van der Waals surface area (Å²) in [5, 5.41) is 7.63. The molecule has 1 aliphatic rings. The van der Waals surface area contributed by atoms with Gasteiger partial charge in [0.15, 0.2) is 0 Å². The minimum atomic E-state index is -0.161. The fourth-order valence-electron chi connectivity index (χ4n) is 5.35. The van der Waals surface area contributed by atoms with Crippen LogP contribution < -0.4 is 10.3 Å². The Balaban J connectivity index is 1.38. The van der Waals surface area contributed by atoms with Gasteiger partial charge in [0.2, 0.25) is 0 Å². The number of fused-ring (bicyclic) bond motifs is 2. The van der Waals surface area contributed by atoms with E-state index < -0.39 is 0 Å². The van der Waals surface area contributed by atoms with Gasteiger partial charge in [0, 0.05) is 20.4 Å². The summed E-state index contributed by atoms with van der Waals surface area (Å²) in [5.74, 6) is 1.64. The number of aromatic nitrogens is 2. The highest BCUT2D eigenvalue weighted by Crippen LogP contribution is 2.32. The first kappa shape index (κ1) is 26.0. The molecule has 0 amide bonds. The minimum absolute atomic E-state index is 0.161. The third kappa shape index (κ3) is 5.56. The summed E-state index contributed by atoms with van der Waals surface area (Å²) in [4.78, 5) is 18.6. The van der Waals surface area contributed by atoms with Gasteiger partial charge < -0.3 is 4.74 Å². The molecule has 5 nitrogen and oxygen atoms in total. The number of hydrogen-bond acceptors (Lipinski definition) is 4. The van der Waals surface area contributed by atoms with Crippen molar-refractivity contribution in [1.29, 1.82) is 0 Å². The topological polar surface area (TPSA) is 56.5 Å². The number of rotatable bonds is 6. The van der Waals surface area contributed by atoms with Crippen LogP contribution in [0.1, 0.15) is 55.0 Å². The normalized spacial score (nSPS) is 14.4.